The molecule has 30 heavy (non-hydrogen) atoms. The molecule has 0 atom stereocenters. The number of nitriles is 1. The van der Waals surface area contributed by atoms with Gasteiger partial charge in [-0.3, -0.25) is 0 Å². The highest BCUT2D eigenvalue weighted by molar-refractivity contribution is 7.97. The average Bonchev–Trinajstić information content (AvgIpc) is 2.72. The van der Waals surface area contributed by atoms with Gasteiger partial charge < -0.3 is 10.1 Å². The Labute approximate surface area is 187 Å². The lowest BCUT2D eigenvalue weighted by Crippen LogP contribution is -2.60. The summed E-state index contributed by atoms with van der Waals surface area (Å²) in [5, 5.41) is 13.2. The zero-order valence-electron chi connectivity index (χ0n) is 17.4. The maximum atomic E-state index is 13.9. The van der Waals surface area contributed by atoms with Crippen molar-refractivity contribution in [1.82, 2.24) is 9.62 Å². The Kier molecular flexibility index (Phi) is 8.01. The maximum absolute atomic E-state index is 13.9. The molecule has 0 aromatic heterocycles. The molecule has 1 aliphatic heterocycles. The summed E-state index contributed by atoms with van der Waals surface area (Å²) in [6, 6.07) is 12.4. The minimum atomic E-state index is -0.552. The first-order chi connectivity index (χ1) is 14.5. The summed E-state index contributed by atoms with van der Waals surface area (Å²) in [5.41, 5.74) is 1.20. The highest BCUT2D eigenvalue weighted by atomic mass is 35.5. The van der Waals surface area contributed by atoms with E-state index in [0.29, 0.717) is 12.4 Å². The van der Waals surface area contributed by atoms with Crippen LogP contribution in [0.1, 0.15) is 31.4 Å². The number of halogens is 2. The molecule has 0 aliphatic carbocycles. The van der Waals surface area contributed by atoms with Crippen LogP contribution < -0.4 is 10.1 Å². The smallest absolute Gasteiger partial charge is 0.144 e. The van der Waals surface area contributed by atoms with Gasteiger partial charge in [-0.25, -0.2) is 8.70 Å². The van der Waals surface area contributed by atoms with E-state index >= 15 is 0 Å². The minimum Gasteiger partial charge on any atom is -0.493 e. The van der Waals surface area contributed by atoms with Crippen LogP contribution in [0.2, 0.25) is 5.02 Å². The number of rotatable bonds is 10. The lowest BCUT2D eigenvalue weighted by molar-refractivity contribution is 0.0258. The summed E-state index contributed by atoms with van der Waals surface area (Å²) in [4.78, 5) is 1.05. The van der Waals surface area contributed by atoms with E-state index < -0.39 is 5.82 Å². The van der Waals surface area contributed by atoms with Gasteiger partial charge in [0, 0.05) is 36.0 Å². The molecule has 1 fully saturated rings. The molecule has 1 N–H and O–H groups in total. The maximum Gasteiger partial charge on any atom is 0.144 e. The van der Waals surface area contributed by atoms with Crippen LogP contribution >= 0.6 is 23.5 Å². The Balaban J connectivity index is 1.61. The van der Waals surface area contributed by atoms with Crippen LogP contribution in [-0.2, 0) is 6.42 Å². The van der Waals surface area contributed by atoms with E-state index in [2.05, 4.69) is 35.6 Å². The fourth-order valence-electron chi connectivity index (χ4n) is 3.44. The van der Waals surface area contributed by atoms with Gasteiger partial charge in [-0.15, -0.1) is 0 Å². The number of nitrogens with zero attached hydrogens (tertiary/aromatic N) is 2. The summed E-state index contributed by atoms with van der Waals surface area (Å²) in [5.74, 6) is -0.102. The Morgan fingerprint density at radius 2 is 2.07 bits per heavy atom. The predicted octanol–water partition coefficient (Wildman–Crippen LogP) is 5.30. The number of hydrogen-bond acceptors (Lipinski definition) is 5. The van der Waals surface area contributed by atoms with Crippen molar-refractivity contribution in [2.24, 2.45) is 5.41 Å². The van der Waals surface area contributed by atoms with Crippen LogP contribution in [0.4, 0.5) is 4.39 Å². The summed E-state index contributed by atoms with van der Waals surface area (Å²) in [6.45, 7) is 8.21. The zero-order chi connectivity index (χ0) is 21.6. The van der Waals surface area contributed by atoms with Gasteiger partial charge in [0.2, 0.25) is 0 Å². The Morgan fingerprint density at radius 3 is 2.70 bits per heavy atom. The van der Waals surface area contributed by atoms with Gasteiger partial charge in [-0.05, 0) is 61.2 Å². The predicted molar refractivity (Wildman–Crippen MR) is 120 cm³/mol. The quantitative estimate of drug-likeness (QED) is 0.395. The van der Waals surface area contributed by atoms with Crippen LogP contribution in [0, 0.1) is 22.6 Å². The average molecular weight is 448 g/mol. The zero-order valence-corrected chi connectivity index (χ0v) is 19.0. The van der Waals surface area contributed by atoms with E-state index in [1.165, 1.54) is 17.7 Å². The molecule has 4 nitrogen and oxygen atoms in total. The molecule has 0 radical (unpaired) electrons. The number of hydrogen-bond donors (Lipinski definition) is 1. The summed E-state index contributed by atoms with van der Waals surface area (Å²) in [7, 11) is 0. The first kappa shape index (κ1) is 22.9. The molecule has 0 amide bonds. The van der Waals surface area contributed by atoms with Crippen molar-refractivity contribution in [3.63, 3.8) is 0 Å². The van der Waals surface area contributed by atoms with E-state index in [1.54, 1.807) is 18.0 Å². The van der Waals surface area contributed by atoms with Crippen molar-refractivity contribution in [2.75, 3.05) is 32.8 Å². The molecule has 2 aromatic rings. The van der Waals surface area contributed by atoms with Crippen LogP contribution in [0.5, 0.6) is 5.75 Å². The van der Waals surface area contributed by atoms with Crippen molar-refractivity contribution in [1.29, 1.82) is 5.26 Å². The highest BCUT2D eigenvalue weighted by Gasteiger charge is 2.44. The largest absolute Gasteiger partial charge is 0.493 e. The lowest BCUT2D eigenvalue weighted by Gasteiger charge is -2.49. The number of ether oxygens (including phenoxy) is 1. The van der Waals surface area contributed by atoms with Crippen LogP contribution in [0.3, 0.4) is 0 Å². The molecule has 1 saturated heterocycles. The number of benzene rings is 2. The summed E-state index contributed by atoms with van der Waals surface area (Å²) in [6.07, 6.45) is 2.03. The van der Waals surface area contributed by atoms with Gasteiger partial charge in [0.1, 0.15) is 17.6 Å². The molecule has 0 unspecified atom stereocenters. The van der Waals surface area contributed by atoms with Crippen molar-refractivity contribution in [3.05, 3.63) is 58.4 Å². The fourth-order valence-corrected chi connectivity index (χ4v) is 4.98. The van der Waals surface area contributed by atoms with Gasteiger partial charge in [0.15, 0.2) is 0 Å². The first-order valence-electron chi connectivity index (χ1n) is 10.2. The normalized spacial score (nSPS) is 15.4. The molecule has 2 aromatic carbocycles. The first-order valence-corrected chi connectivity index (χ1v) is 11.4. The van der Waals surface area contributed by atoms with E-state index in [4.69, 9.17) is 21.6 Å². The van der Waals surface area contributed by atoms with Gasteiger partial charge in [0.05, 0.1) is 17.2 Å². The SMILES string of the molecule is CCCNCC1(COc2ccc(C#N)c(F)c2)CN(Sc2ccc(CC)cc2Cl)C1. The van der Waals surface area contributed by atoms with E-state index in [1.807, 2.05) is 12.1 Å². The minimum absolute atomic E-state index is 0.0267. The van der Waals surface area contributed by atoms with Gasteiger partial charge >= 0.3 is 0 Å². The summed E-state index contributed by atoms with van der Waals surface area (Å²) >= 11 is 8.11. The van der Waals surface area contributed by atoms with Gasteiger partial charge in [-0.1, -0.05) is 31.5 Å². The molecule has 160 valence electrons. The third-order valence-corrected chi connectivity index (χ3v) is 6.68. The second-order valence-electron chi connectivity index (χ2n) is 7.73. The highest BCUT2D eigenvalue weighted by Crippen LogP contribution is 2.40. The molecule has 7 heteroatoms. The third kappa shape index (κ3) is 5.67. The second-order valence-corrected chi connectivity index (χ2v) is 9.27. The third-order valence-electron chi connectivity index (χ3n) is 5.19. The topological polar surface area (TPSA) is 48.3 Å². The monoisotopic (exact) mass is 447 g/mol. The van der Waals surface area contributed by atoms with Crippen molar-refractivity contribution < 1.29 is 9.13 Å². The molecule has 0 bridgehead atoms. The van der Waals surface area contributed by atoms with Crippen LogP contribution in [-0.4, -0.2) is 37.1 Å². The van der Waals surface area contributed by atoms with Gasteiger partial charge in [-0.2, -0.15) is 5.26 Å². The molecule has 1 aliphatic rings. The van der Waals surface area contributed by atoms with Crippen LogP contribution in [0.25, 0.3) is 0 Å². The molecule has 0 spiro atoms. The summed E-state index contributed by atoms with van der Waals surface area (Å²) < 4.78 is 22.1. The second kappa shape index (κ2) is 10.5. The molecule has 3 rings (SSSR count). The number of nitrogens with one attached hydrogen (secondary N) is 1. The van der Waals surface area contributed by atoms with E-state index in [9.17, 15) is 4.39 Å². The van der Waals surface area contributed by atoms with Gasteiger partial charge in [0.25, 0.3) is 0 Å². The number of aryl methyl sites for hydroxylation is 1. The molecule has 1 heterocycles. The van der Waals surface area contributed by atoms with Crippen molar-refractivity contribution in [2.45, 2.75) is 31.6 Å². The van der Waals surface area contributed by atoms with E-state index in [-0.39, 0.29) is 11.0 Å². The Bertz CT molecular complexity index is 912. The molecule has 0 saturated carbocycles. The standard InChI is InChI=1S/C23H27ClFN3OS/c1-3-9-27-13-23(16-29-19-7-6-18(12-26)21(25)11-19)14-28(15-23)30-22-8-5-17(4-2)10-20(22)24/h5-8,10-11,27H,3-4,9,13-16H2,1-2H3. The lowest BCUT2D eigenvalue weighted by atomic mass is 9.82. The Hall–Kier alpha value is -1.78. The van der Waals surface area contributed by atoms with Crippen molar-refractivity contribution in [3.8, 4) is 11.8 Å². The van der Waals surface area contributed by atoms with E-state index in [0.717, 1.165) is 48.9 Å². The van der Waals surface area contributed by atoms with Crippen LogP contribution in [0.15, 0.2) is 41.3 Å². The molecular formula is C23H27ClFN3OS. The molecular weight excluding hydrogens is 421 g/mol. The fraction of sp³-hybridized carbons (Fsp3) is 0.435. The Morgan fingerprint density at radius 1 is 1.27 bits per heavy atom. The van der Waals surface area contributed by atoms with Crippen molar-refractivity contribution >= 4 is 23.5 Å².